The number of hydrogen-bond acceptors (Lipinski definition) is 5. The summed E-state index contributed by atoms with van der Waals surface area (Å²) in [5.74, 6) is 2.50. The van der Waals surface area contributed by atoms with Crippen molar-refractivity contribution in [2.45, 2.75) is 26.7 Å². The molecule has 5 heteroatoms. The Bertz CT molecular complexity index is 385. The summed E-state index contributed by atoms with van der Waals surface area (Å²) < 4.78 is 0. The van der Waals surface area contributed by atoms with E-state index in [0.717, 1.165) is 56.2 Å². The monoisotopic (exact) mass is 235 g/mol. The molecule has 2 heterocycles. The molecule has 0 radical (unpaired) electrons. The number of aromatic nitrogens is 2. The Balaban J connectivity index is 2.29. The molecule has 0 aromatic carbocycles. The van der Waals surface area contributed by atoms with Gasteiger partial charge in [0.15, 0.2) is 0 Å². The van der Waals surface area contributed by atoms with Crippen LogP contribution in [0.15, 0.2) is 0 Å². The lowest BCUT2D eigenvalue weighted by molar-refractivity contribution is 0.582. The maximum Gasteiger partial charge on any atom is 0.137 e. The fraction of sp³-hybridized carbons (Fsp3) is 0.667. The molecular weight excluding hydrogens is 214 g/mol. The van der Waals surface area contributed by atoms with Crippen molar-refractivity contribution in [1.82, 2.24) is 15.3 Å². The van der Waals surface area contributed by atoms with Gasteiger partial charge in [-0.15, -0.1) is 0 Å². The number of nitrogens with two attached hydrogens (primary N) is 1. The van der Waals surface area contributed by atoms with E-state index in [0.29, 0.717) is 5.82 Å². The Morgan fingerprint density at radius 3 is 2.65 bits per heavy atom. The minimum Gasteiger partial charge on any atom is -0.383 e. The summed E-state index contributed by atoms with van der Waals surface area (Å²) in [6.07, 6.45) is 1.94. The number of aryl methyl sites for hydroxylation is 1. The number of hydrogen-bond donors (Lipinski definition) is 2. The number of nitrogens with zero attached hydrogens (tertiary/aromatic N) is 3. The summed E-state index contributed by atoms with van der Waals surface area (Å²) in [5.41, 5.74) is 6.97. The van der Waals surface area contributed by atoms with Crippen LogP contribution in [0.2, 0.25) is 0 Å². The zero-order chi connectivity index (χ0) is 12.3. The lowest BCUT2D eigenvalue weighted by Crippen LogP contribution is -2.44. The molecule has 1 saturated heterocycles. The van der Waals surface area contributed by atoms with Crippen LogP contribution in [0, 0.1) is 6.92 Å². The van der Waals surface area contributed by atoms with E-state index in [1.54, 1.807) is 0 Å². The molecule has 0 saturated carbocycles. The van der Waals surface area contributed by atoms with Gasteiger partial charge in [0.1, 0.15) is 17.5 Å². The molecule has 1 aromatic heterocycles. The van der Waals surface area contributed by atoms with E-state index in [2.05, 4.69) is 27.1 Å². The van der Waals surface area contributed by atoms with Crippen LogP contribution in [0.4, 0.5) is 11.6 Å². The molecule has 0 atom stereocenters. The van der Waals surface area contributed by atoms with Crippen molar-refractivity contribution >= 4 is 11.6 Å². The van der Waals surface area contributed by atoms with Gasteiger partial charge in [-0.05, 0) is 13.3 Å². The second-order valence-electron chi connectivity index (χ2n) is 4.46. The summed E-state index contributed by atoms with van der Waals surface area (Å²) in [6.45, 7) is 8.12. The van der Waals surface area contributed by atoms with E-state index in [1.807, 2.05) is 6.92 Å². The van der Waals surface area contributed by atoms with Gasteiger partial charge in [-0.3, -0.25) is 0 Å². The topological polar surface area (TPSA) is 67.1 Å². The van der Waals surface area contributed by atoms with Gasteiger partial charge in [-0.2, -0.15) is 0 Å². The van der Waals surface area contributed by atoms with Crippen molar-refractivity contribution in [3.05, 3.63) is 11.4 Å². The Labute approximate surface area is 102 Å². The minimum atomic E-state index is 0.622. The van der Waals surface area contributed by atoms with Crippen LogP contribution < -0.4 is 16.0 Å². The van der Waals surface area contributed by atoms with Crippen molar-refractivity contribution in [3.8, 4) is 0 Å². The fourth-order valence-electron chi connectivity index (χ4n) is 2.09. The van der Waals surface area contributed by atoms with Crippen molar-refractivity contribution in [2.75, 3.05) is 36.8 Å². The standard InChI is InChI=1S/C12H21N5/c1-3-4-10-15-11(13)9(2)12(16-10)17-7-5-14-6-8-17/h14H,3-8H2,1-2H3,(H2,13,15,16). The van der Waals surface area contributed by atoms with Crippen molar-refractivity contribution in [2.24, 2.45) is 0 Å². The zero-order valence-electron chi connectivity index (χ0n) is 10.7. The Morgan fingerprint density at radius 2 is 2.00 bits per heavy atom. The molecule has 0 aliphatic carbocycles. The summed E-state index contributed by atoms with van der Waals surface area (Å²) >= 11 is 0. The van der Waals surface area contributed by atoms with Crippen molar-refractivity contribution in [3.63, 3.8) is 0 Å². The van der Waals surface area contributed by atoms with Gasteiger partial charge in [0.25, 0.3) is 0 Å². The smallest absolute Gasteiger partial charge is 0.137 e. The van der Waals surface area contributed by atoms with E-state index < -0.39 is 0 Å². The molecule has 2 rings (SSSR count). The molecule has 0 amide bonds. The predicted molar refractivity (Wildman–Crippen MR) is 70.3 cm³/mol. The van der Waals surface area contributed by atoms with Crippen LogP contribution in [0.5, 0.6) is 0 Å². The first kappa shape index (κ1) is 12.1. The number of nitrogen functional groups attached to an aromatic ring is 1. The van der Waals surface area contributed by atoms with Crippen LogP contribution in [0.3, 0.4) is 0 Å². The lowest BCUT2D eigenvalue weighted by Gasteiger charge is -2.30. The Hall–Kier alpha value is -1.36. The predicted octanol–water partition coefficient (Wildman–Crippen LogP) is 0.729. The molecule has 1 aromatic rings. The van der Waals surface area contributed by atoms with Crippen molar-refractivity contribution in [1.29, 1.82) is 0 Å². The van der Waals surface area contributed by atoms with Crippen molar-refractivity contribution < 1.29 is 0 Å². The van der Waals surface area contributed by atoms with E-state index in [9.17, 15) is 0 Å². The summed E-state index contributed by atoms with van der Waals surface area (Å²) in [6, 6.07) is 0. The van der Waals surface area contributed by atoms with E-state index in [4.69, 9.17) is 5.73 Å². The van der Waals surface area contributed by atoms with Crippen LogP contribution in [-0.2, 0) is 6.42 Å². The first-order chi connectivity index (χ1) is 8.22. The minimum absolute atomic E-state index is 0.622. The summed E-state index contributed by atoms with van der Waals surface area (Å²) in [4.78, 5) is 11.3. The highest BCUT2D eigenvalue weighted by atomic mass is 15.2. The van der Waals surface area contributed by atoms with Gasteiger partial charge >= 0.3 is 0 Å². The van der Waals surface area contributed by atoms with Gasteiger partial charge in [-0.1, -0.05) is 6.92 Å². The quantitative estimate of drug-likeness (QED) is 0.808. The maximum absolute atomic E-state index is 5.96. The zero-order valence-corrected chi connectivity index (χ0v) is 10.7. The van der Waals surface area contributed by atoms with E-state index in [1.165, 1.54) is 0 Å². The number of nitrogens with one attached hydrogen (secondary N) is 1. The molecule has 94 valence electrons. The molecule has 0 unspecified atom stereocenters. The Morgan fingerprint density at radius 1 is 1.29 bits per heavy atom. The lowest BCUT2D eigenvalue weighted by atomic mass is 10.2. The second kappa shape index (κ2) is 5.31. The molecule has 0 bridgehead atoms. The first-order valence-electron chi connectivity index (χ1n) is 6.31. The Kier molecular flexibility index (Phi) is 3.78. The van der Waals surface area contributed by atoms with Crippen LogP contribution in [0.25, 0.3) is 0 Å². The molecular formula is C12H21N5. The number of piperazine rings is 1. The third-order valence-corrected chi connectivity index (χ3v) is 3.09. The molecule has 1 aliphatic rings. The third kappa shape index (κ3) is 2.66. The number of anilines is 2. The summed E-state index contributed by atoms with van der Waals surface area (Å²) in [5, 5.41) is 3.34. The van der Waals surface area contributed by atoms with Gasteiger partial charge in [0.2, 0.25) is 0 Å². The van der Waals surface area contributed by atoms with Gasteiger partial charge in [0, 0.05) is 38.2 Å². The molecule has 1 fully saturated rings. The molecule has 3 N–H and O–H groups in total. The van der Waals surface area contributed by atoms with E-state index in [-0.39, 0.29) is 0 Å². The average molecular weight is 235 g/mol. The van der Waals surface area contributed by atoms with Gasteiger partial charge in [-0.25, -0.2) is 9.97 Å². The first-order valence-corrected chi connectivity index (χ1v) is 6.31. The second-order valence-corrected chi connectivity index (χ2v) is 4.46. The van der Waals surface area contributed by atoms with Gasteiger partial charge < -0.3 is 16.0 Å². The van der Waals surface area contributed by atoms with Crippen LogP contribution in [-0.4, -0.2) is 36.1 Å². The third-order valence-electron chi connectivity index (χ3n) is 3.09. The molecule has 17 heavy (non-hydrogen) atoms. The highest BCUT2D eigenvalue weighted by Gasteiger charge is 2.17. The molecule has 0 spiro atoms. The molecule has 1 aliphatic heterocycles. The largest absolute Gasteiger partial charge is 0.383 e. The SMILES string of the molecule is CCCc1nc(N)c(C)c(N2CCNCC2)n1. The molecule has 5 nitrogen and oxygen atoms in total. The highest BCUT2D eigenvalue weighted by Crippen LogP contribution is 2.22. The van der Waals surface area contributed by atoms with Crippen LogP contribution >= 0.6 is 0 Å². The number of rotatable bonds is 3. The highest BCUT2D eigenvalue weighted by molar-refractivity contribution is 5.56. The normalized spacial score (nSPS) is 16.2. The maximum atomic E-state index is 5.96. The average Bonchev–Trinajstić information content (AvgIpc) is 2.35. The van der Waals surface area contributed by atoms with Crippen LogP contribution in [0.1, 0.15) is 24.7 Å². The fourth-order valence-corrected chi connectivity index (χ4v) is 2.09. The van der Waals surface area contributed by atoms with E-state index >= 15 is 0 Å². The summed E-state index contributed by atoms with van der Waals surface area (Å²) in [7, 11) is 0. The van der Waals surface area contributed by atoms with Gasteiger partial charge in [0.05, 0.1) is 0 Å².